The molecule has 2 aromatic heterocycles. The van der Waals surface area contributed by atoms with E-state index in [1.54, 1.807) is 6.92 Å². The maximum Gasteiger partial charge on any atom is 0.369 e. The SMILES string of the molecule is CCOC(=O)c1nnc(Sc2cc(C)cc(C)n2)s1. The first-order valence-electron chi connectivity index (χ1n) is 5.72. The summed E-state index contributed by atoms with van der Waals surface area (Å²) in [5, 5.41) is 8.91. The van der Waals surface area contributed by atoms with Gasteiger partial charge in [0.1, 0.15) is 5.03 Å². The van der Waals surface area contributed by atoms with Gasteiger partial charge in [-0.2, -0.15) is 0 Å². The topological polar surface area (TPSA) is 65.0 Å². The number of carbonyl (C=O) groups is 1. The number of esters is 1. The van der Waals surface area contributed by atoms with Crippen molar-refractivity contribution in [3.63, 3.8) is 0 Å². The molecule has 2 heterocycles. The van der Waals surface area contributed by atoms with Crippen molar-refractivity contribution >= 4 is 29.1 Å². The van der Waals surface area contributed by atoms with Gasteiger partial charge >= 0.3 is 5.97 Å². The smallest absolute Gasteiger partial charge is 0.369 e. The summed E-state index contributed by atoms with van der Waals surface area (Å²) in [6, 6.07) is 3.98. The van der Waals surface area contributed by atoms with Crippen LogP contribution in [0.3, 0.4) is 0 Å². The average molecular weight is 295 g/mol. The van der Waals surface area contributed by atoms with Crippen molar-refractivity contribution < 1.29 is 9.53 Å². The summed E-state index contributed by atoms with van der Waals surface area (Å²) >= 11 is 2.61. The molecule has 0 aliphatic rings. The zero-order valence-electron chi connectivity index (χ0n) is 10.8. The van der Waals surface area contributed by atoms with Gasteiger partial charge in [-0.25, -0.2) is 9.78 Å². The summed E-state index contributed by atoms with van der Waals surface area (Å²) in [6.45, 7) is 6.05. The van der Waals surface area contributed by atoms with E-state index >= 15 is 0 Å². The van der Waals surface area contributed by atoms with Crippen LogP contribution in [0, 0.1) is 13.8 Å². The molecule has 0 aliphatic heterocycles. The maximum atomic E-state index is 11.5. The second-order valence-corrected chi connectivity index (χ2v) is 6.06. The third-order valence-corrected chi connectivity index (χ3v) is 4.00. The fourth-order valence-corrected chi connectivity index (χ4v) is 3.30. The van der Waals surface area contributed by atoms with E-state index in [4.69, 9.17) is 4.74 Å². The quantitative estimate of drug-likeness (QED) is 0.808. The van der Waals surface area contributed by atoms with Crippen molar-refractivity contribution in [1.82, 2.24) is 15.2 Å². The molecule has 7 heteroatoms. The van der Waals surface area contributed by atoms with Crippen molar-refractivity contribution in [2.24, 2.45) is 0 Å². The number of nitrogens with zero attached hydrogens (tertiary/aromatic N) is 3. The minimum Gasteiger partial charge on any atom is -0.461 e. The zero-order chi connectivity index (χ0) is 13.8. The van der Waals surface area contributed by atoms with Gasteiger partial charge in [0, 0.05) is 5.69 Å². The zero-order valence-corrected chi connectivity index (χ0v) is 12.5. The lowest BCUT2D eigenvalue weighted by atomic mass is 10.3. The Hall–Kier alpha value is -1.47. The number of pyridine rings is 1. The highest BCUT2D eigenvalue weighted by Crippen LogP contribution is 2.29. The molecule has 2 rings (SSSR count). The summed E-state index contributed by atoms with van der Waals surface area (Å²) in [7, 11) is 0. The molecule has 100 valence electrons. The molecule has 0 saturated heterocycles. The van der Waals surface area contributed by atoms with Crippen LogP contribution in [0.1, 0.15) is 28.0 Å². The van der Waals surface area contributed by atoms with Gasteiger partial charge in [-0.05, 0) is 50.2 Å². The van der Waals surface area contributed by atoms with E-state index in [0.29, 0.717) is 10.9 Å². The summed E-state index contributed by atoms with van der Waals surface area (Å²) in [5.74, 6) is -0.430. The molecule has 0 aromatic carbocycles. The Labute approximate surface area is 119 Å². The van der Waals surface area contributed by atoms with Crippen LogP contribution < -0.4 is 0 Å². The highest BCUT2D eigenvalue weighted by Gasteiger charge is 2.14. The highest BCUT2D eigenvalue weighted by molar-refractivity contribution is 8.01. The van der Waals surface area contributed by atoms with Gasteiger partial charge in [0.2, 0.25) is 5.01 Å². The van der Waals surface area contributed by atoms with E-state index in [1.807, 2.05) is 26.0 Å². The molecular weight excluding hydrogens is 282 g/mol. The Bertz CT molecular complexity index is 578. The molecule has 0 spiro atoms. The molecule has 5 nitrogen and oxygen atoms in total. The van der Waals surface area contributed by atoms with E-state index in [-0.39, 0.29) is 5.01 Å². The first-order valence-corrected chi connectivity index (χ1v) is 7.35. The van der Waals surface area contributed by atoms with Crippen LogP contribution in [0.4, 0.5) is 0 Å². The normalized spacial score (nSPS) is 10.5. The number of ether oxygens (including phenoxy) is 1. The Morgan fingerprint density at radius 2 is 2.16 bits per heavy atom. The predicted molar refractivity (Wildman–Crippen MR) is 73.7 cm³/mol. The summed E-state index contributed by atoms with van der Waals surface area (Å²) in [6.07, 6.45) is 0. The monoisotopic (exact) mass is 295 g/mol. The number of rotatable bonds is 4. The third-order valence-electron chi connectivity index (χ3n) is 2.12. The molecule has 0 aliphatic carbocycles. The van der Waals surface area contributed by atoms with Gasteiger partial charge in [0.05, 0.1) is 6.61 Å². The Kier molecular flexibility index (Phi) is 4.49. The molecule has 0 atom stereocenters. The van der Waals surface area contributed by atoms with E-state index < -0.39 is 5.97 Å². The van der Waals surface area contributed by atoms with E-state index in [1.165, 1.54) is 23.1 Å². The molecular formula is C12H13N3O2S2. The van der Waals surface area contributed by atoms with Gasteiger partial charge in [0.25, 0.3) is 0 Å². The lowest BCUT2D eigenvalue weighted by molar-refractivity contribution is 0.0525. The molecule has 2 aromatic rings. The first kappa shape index (κ1) is 14.0. The Morgan fingerprint density at radius 3 is 2.84 bits per heavy atom. The number of hydrogen-bond acceptors (Lipinski definition) is 7. The predicted octanol–water partition coefficient (Wildman–Crippen LogP) is 2.88. The van der Waals surface area contributed by atoms with Gasteiger partial charge in [-0.3, -0.25) is 0 Å². The molecule has 0 N–H and O–H groups in total. The molecule has 0 amide bonds. The lowest BCUT2D eigenvalue weighted by Gasteiger charge is -2.00. The van der Waals surface area contributed by atoms with E-state index in [2.05, 4.69) is 15.2 Å². The fourth-order valence-electron chi connectivity index (χ4n) is 1.47. The first-order chi connectivity index (χ1) is 9.08. The molecule has 0 saturated carbocycles. The lowest BCUT2D eigenvalue weighted by Crippen LogP contribution is -2.03. The van der Waals surface area contributed by atoms with Crippen molar-refractivity contribution in [2.75, 3.05) is 6.61 Å². The summed E-state index contributed by atoms with van der Waals surface area (Å²) < 4.78 is 5.55. The van der Waals surface area contributed by atoms with Crippen LogP contribution >= 0.6 is 23.1 Å². The van der Waals surface area contributed by atoms with E-state index in [0.717, 1.165) is 16.3 Å². The minimum atomic E-state index is -0.430. The van der Waals surface area contributed by atoms with Gasteiger partial charge in [0.15, 0.2) is 4.34 Å². The van der Waals surface area contributed by atoms with Crippen molar-refractivity contribution in [2.45, 2.75) is 30.1 Å². The summed E-state index contributed by atoms with van der Waals surface area (Å²) in [4.78, 5) is 15.9. The fraction of sp³-hybridized carbons (Fsp3) is 0.333. The molecule has 0 bridgehead atoms. The van der Waals surface area contributed by atoms with Crippen LogP contribution in [-0.2, 0) is 4.74 Å². The second kappa shape index (κ2) is 6.12. The van der Waals surface area contributed by atoms with Crippen LogP contribution in [0.2, 0.25) is 0 Å². The number of aryl methyl sites for hydroxylation is 2. The standard InChI is InChI=1S/C12H13N3O2S2/c1-4-17-11(16)10-14-15-12(19-10)18-9-6-7(2)5-8(3)13-9/h5-6H,4H2,1-3H3. The van der Waals surface area contributed by atoms with Gasteiger partial charge in [-0.15, -0.1) is 10.2 Å². The summed E-state index contributed by atoms with van der Waals surface area (Å²) in [5.41, 5.74) is 2.10. The number of aromatic nitrogens is 3. The van der Waals surface area contributed by atoms with Crippen LogP contribution in [0.15, 0.2) is 21.5 Å². The maximum absolute atomic E-state index is 11.5. The average Bonchev–Trinajstić information content (AvgIpc) is 2.76. The molecule has 0 radical (unpaired) electrons. The molecule has 19 heavy (non-hydrogen) atoms. The molecule has 0 unspecified atom stereocenters. The van der Waals surface area contributed by atoms with Crippen molar-refractivity contribution in [1.29, 1.82) is 0 Å². The van der Waals surface area contributed by atoms with E-state index in [9.17, 15) is 4.79 Å². The Morgan fingerprint density at radius 1 is 1.37 bits per heavy atom. The van der Waals surface area contributed by atoms with Crippen molar-refractivity contribution in [3.8, 4) is 0 Å². The van der Waals surface area contributed by atoms with Crippen LogP contribution in [0.25, 0.3) is 0 Å². The third kappa shape index (κ3) is 3.74. The van der Waals surface area contributed by atoms with Crippen LogP contribution in [0.5, 0.6) is 0 Å². The van der Waals surface area contributed by atoms with Crippen LogP contribution in [-0.4, -0.2) is 27.8 Å². The Balaban J connectivity index is 2.13. The minimum absolute atomic E-state index is 0.272. The van der Waals surface area contributed by atoms with Crippen molar-refractivity contribution in [3.05, 3.63) is 28.4 Å². The number of carbonyl (C=O) groups excluding carboxylic acids is 1. The second-order valence-electron chi connectivity index (χ2n) is 3.82. The largest absolute Gasteiger partial charge is 0.461 e. The number of hydrogen-bond donors (Lipinski definition) is 0. The highest BCUT2D eigenvalue weighted by atomic mass is 32.2. The van der Waals surface area contributed by atoms with Gasteiger partial charge < -0.3 is 4.74 Å². The van der Waals surface area contributed by atoms with Gasteiger partial charge in [-0.1, -0.05) is 11.3 Å². The molecule has 0 fully saturated rings.